The maximum atomic E-state index is 13.0. The number of ether oxygens (including phenoxy) is 6. The highest BCUT2D eigenvalue weighted by molar-refractivity contribution is 5.70. The van der Waals surface area contributed by atoms with Gasteiger partial charge in [0.25, 0.3) is 0 Å². The Morgan fingerprint density at radius 1 is 0.478 bits per heavy atom. The third-order valence-corrected chi connectivity index (χ3v) is 11.9. The molecule has 0 saturated carbocycles. The van der Waals surface area contributed by atoms with Gasteiger partial charge in [-0.15, -0.1) is 0 Å². The van der Waals surface area contributed by atoms with Gasteiger partial charge in [-0.25, -0.2) is 0 Å². The van der Waals surface area contributed by atoms with E-state index in [0.717, 1.165) is 77.0 Å². The van der Waals surface area contributed by atoms with E-state index in [1.54, 1.807) is 0 Å². The van der Waals surface area contributed by atoms with Gasteiger partial charge in [0.1, 0.15) is 55.4 Å². The lowest BCUT2D eigenvalue weighted by Crippen LogP contribution is -2.61. The van der Waals surface area contributed by atoms with Crippen LogP contribution in [-0.2, 0) is 38.0 Å². The van der Waals surface area contributed by atoms with Crippen molar-refractivity contribution in [2.24, 2.45) is 0 Å². The van der Waals surface area contributed by atoms with Crippen LogP contribution in [0.2, 0.25) is 0 Å². The Morgan fingerprint density at radius 2 is 0.913 bits per heavy atom. The third-order valence-electron chi connectivity index (χ3n) is 11.9. The first-order valence-electron chi connectivity index (χ1n) is 26.0. The van der Waals surface area contributed by atoms with Gasteiger partial charge in [-0.1, -0.05) is 138 Å². The fourth-order valence-electron chi connectivity index (χ4n) is 7.65. The number of allylic oxidation sites excluding steroid dienone is 12. The molecule has 2 rings (SSSR count). The Labute approximate surface area is 412 Å². The Balaban J connectivity index is 1.82. The molecule has 15 nitrogen and oxygen atoms in total. The number of esters is 2. The molecular formula is C54H90O15. The molecule has 7 N–H and O–H groups in total. The van der Waals surface area contributed by atoms with Crippen LogP contribution in [0.4, 0.5) is 0 Å². The Kier molecular flexibility index (Phi) is 36.4. The molecule has 15 heteroatoms. The van der Waals surface area contributed by atoms with E-state index in [4.69, 9.17) is 28.4 Å². The van der Waals surface area contributed by atoms with Crippen LogP contribution in [-0.4, -0.2) is 142 Å². The zero-order valence-corrected chi connectivity index (χ0v) is 41.8. The molecule has 11 unspecified atom stereocenters. The van der Waals surface area contributed by atoms with E-state index in [2.05, 4.69) is 86.8 Å². The van der Waals surface area contributed by atoms with E-state index in [9.17, 15) is 45.3 Å². The summed E-state index contributed by atoms with van der Waals surface area (Å²) < 4.78 is 33.5. The molecule has 2 saturated heterocycles. The topological polar surface area (TPSA) is 231 Å². The van der Waals surface area contributed by atoms with Gasteiger partial charge in [0.2, 0.25) is 0 Å². The number of hydrogen-bond donors (Lipinski definition) is 7. The molecule has 69 heavy (non-hydrogen) atoms. The first-order valence-corrected chi connectivity index (χ1v) is 26.0. The number of rotatable bonds is 39. The van der Waals surface area contributed by atoms with Crippen molar-refractivity contribution in [1.82, 2.24) is 0 Å². The molecule has 0 spiro atoms. The molecule has 2 heterocycles. The summed E-state index contributed by atoms with van der Waals surface area (Å²) in [7, 11) is 0. The maximum Gasteiger partial charge on any atom is 0.306 e. The summed E-state index contributed by atoms with van der Waals surface area (Å²) in [6.07, 6.45) is 30.7. The third kappa shape index (κ3) is 28.5. The number of unbranched alkanes of at least 4 members (excludes halogenated alkanes) is 13. The summed E-state index contributed by atoms with van der Waals surface area (Å²) in [4.78, 5) is 25.8. The molecule has 11 atom stereocenters. The van der Waals surface area contributed by atoms with Gasteiger partial charge in [-0.3, -0.25) is 9.59 Å². The second-order valence-corrected chi connectivity index (χ2v) is 18.0. The lowest BCUT2D eigenvalue weighted by molar-refractivity contribution is -0.332. The van der Waals surface area contributed by atoms with Crippen LogP contribution >= 0.6 is 0 Å². The molecule has 2 fully saturated rings. The van der Waals surface area contributed by atoms with Crippen LogP contribution in [0.1, 0.15) is 162 Å². The number of aliphatic hydroxyl groups is 7. The normalized spacial score (nSPS) is 26.2. The van der Waals surface area contributed by atoms with Gasteiger partial charge in [-0.05, 0) is 83.5 Å². The number of carbonyl (C=O) groups is 2. The first-order chi connectivity index (χ1) is 33.5. The lowest BCUT2D eigenvalue weighted by Gasteiger charge is -2.42. The van der Waals surface area contributed by atoms with Crippen molar-refractivity contribution in [3.63, 3.8) is 0 Å². The number of aliphatic hydroxyl groups excluding tert-OH is 7. The SMILES string of the molecule is CC/C=C\C/C=C\C/C=C\C/C=C\CCCCC(=O)OC(COC(=O)CCCCCCCCC/C=C\C/C=C\CCCCCC)COC1OC(COC2OC(CO)C(O)C(O)C2O)C(O)C(O)C1O. The molecule has 0 amide bonds. The van der Waals surface area contributed by atoms with Crippen molar-refractivity contribution in [1.29, 1.82) is 0 Å². The second-order valence-electron chi connectivity index (χ2n) is 18.0. The molecule has 0 aromatic heterocycles. The summed E-state index contributed by atoms with van der Waals surface area (Å²) in [5.74, 6) is -0.988. The van der Waals surface area contributed by atoms with Crippen LogP contribution in [0.5, 0.6) is 0 Å². The van der Waals surface area contributed by atoms with Crippen molar-refractivity contribution < 1.29 is 73.8 Å². The predicted octanol–water partition coefficient (Wildman–Crippen LogP) is 7.43. The van der Waals surface area contributed by atoms with E-state index in [1.807, 2.05) is 0 Å². The summed E-state index contributed by atoms with van der Waals surface area (Å²) in [5, 5.41) is 72.1. The van der Waals surface area contributed by atoms with E-state index >= 15 is 0 Å². The van der Waals surface area contributed by atoms with Gasteiger partial charge < -0.3 is 64.2 Å². The Hall–Kier alpha value is -3.06. The molecule has 2 aliphatic heterocycles. The zero-order chi connectivity index (χ0) is 50.3. The molecule has 2 aliphatic rings. The minimum atomic E-state index is -1.78. The van der Waals surface area contributed by atoms with E-state index < -0.39 is 99.3 Å². The highest BCUT2D eigenvalue weighted by atomic mass is 16.7. The standard InChI is InChI=1S/C54H90O15/c1-3-5-7-9-11-13-15-17-19-20-21-23-24-26-28-30-32-34-36-45(56)64-39-42(67-46(57)37-35-33-31-29-27-25-22-18-16-14-12-10-8-6-4-2)40-65-53-52(63)50(61)48(59)44(69-53)41-66-54-51(62)49(60)47(58)43(38-55)68-54/h6,8,12-15,18-20,22,27,29,42-44,47-55,58-63H,3-5,7,9-11,16-17,21,23-26,28,30-41H2,1-2H3/b8-6-,14-12-,15-13-,20-19-,22-18-,29-27-. The average Bonchev–Trinajstić information content (AvgIpc) is 3.34. The maximum absolute atomic E-state index is 13.0. The molecular weight excluding hydrogens is 889 g/mol. The molecule has 396 valence electrons. The second kappa shape index (κ2) is 40.5. The summed E-state index contributed by atoms with van der Waals surface area (Å²) in [6, 6.07) is 0. The molecule has 0 radical (unpaired) electrons. The van der Waals surface area contributed by atoms with Gasteiger partial charge in [0.15, 0.2) is 18.7 Å². The predicted molar refractivity (Wildman–Crippen MR) is 266 cm³/mol. The molecule has 0 aliphatic carbocycles. The largest absolute Gasteiger partial charge is 0.462 e. The molecule has 0 aromatic rings. The minimum Gasteiger partial charge on any atom is -0.462 e. The van der Waals surface area contributed by atoms with Crippen LogP contribution in [0.15, 0.2) is 72.9 Å². The quantitative estimate of drug-likeness (QED) is 0.0180. The number of carbonyl (C=O) groups excluding carboxylic acids is 2. The van der Waals surface area contributed by atoms with Crippen LogP contribution in [0.25, 0.3) is 0 Å². The van der Waals surface area contributed by atoms with Crippen molar-refractivity contribution >= 4 is 11.9 Å². The zero-order valence-electron chi connectivity index (χ0n) is 41.8. The Bertz CT molecular complexity index is 1480. The monoisotopic (exact) mass is 979 g/mol. The van der Waals surface area contributed by atoms with Crippen molar-refractivity contribution in [3.8, 4) is 0 Å². The smallest absolute Gasteiger partial charge is 0.306 e. The van der Waals surface area contributed by atoms with Crippen molar-refractivity contribution in [2.45, 2.75) is 229 Å². The fourth-order valence-corrected chi connectivity index (χ4v) is 7.65. The molecule has 0 bridgehead atoms. The van der Waals surface area contributed by atoms with Gasteiger partial charge in [0, 0.05) is 12.8 Å². The van der Waals surface area contributed by atoms with Crippen molar-refractivity contribution in [3.05, 3.63) is 72.9 Å². The van der Waals surface area contributed by atoms with Gasteiger partial charge in [0.05, 0.1) is 19.8 Å². The molecule has 0 aromatic carbocycles. The average molecular weight is 979 g/mol. The number of hydrogen-bond acceptors (Lipinski definition) is 15. The summed E-state index contributed by atoms with van der Waals surface area (Å²) >= 11 is 0. The highest BCUT2D eigenvalue weighted by Gasteiger charge is 2.47. The van der Waals surface area contributed by atoms with E-state index in [1.165, 1.54) is 44.9 Å². The highest BCUT2D eigenvalue weighted by Crippen LogP contribution is 2.26. The van der Waals surface area contributed by atoms with E-state index in [0.29, 0.717) is 12.8 Å². The first kappa shape index (κ1) is 62.1. The minimum absolute atomic E-state index is 0.108. The summed E-state index contributed by atoms with van der Waals surface area (Å²) in [6.45, 7) is 2.39. The van der Waals surface area contributed by atoms with Gasteiger partial charge in [-0.2, -0.15) is 0 Å². The van der Waals surface area contributed by atoms with E-state index in [-0.39, 0.29) is 19.4 Å². The van der Waals surface area contributed by atoms with Crippen molar-refractivity contribution in [2.75, 3.05) is 26.4 Å². The fraction of sp³-hybridized carbons (Fsp3) is 0.741. The van der Waals surface area contributed by atoms with Gasteiger partial charge >= 0.3 is 11.9 Å². The summed E-state index contributed by atoms with van der Waals surface area (Å²) in [5.41, 5.74) is 0. The van der Waals surface area contributed by atoms with Crippen LogP contribution in [0.3, 0.4) is 0 Å². The lowest BCUT2D eigenvalue weighted by atomic mass is 9.98. The van der Waals surface area contributed by atoms with Crippen LogP contribution < -0.4 is 0 Å². The van der Waals surface area contributed by atoms with Crippen LogP contribution in [0, 0.1) is 0 Å². The Morgan fingerprint density at radius 3 is 1.46 bits per heavy atom.